The molecule has 2 aliphatic rings. The molecular weight excluding hydrogens is 324 g/mol. The zero-order chi connectivity index (χ0) is 16.6. The third-order valence-electron chi connectivity index (χ3n) is 3.99. The third-order valence-corrected chi connectivity index (χ3v) is 4.23. The highest BCUT2D eigenvalue weighted by molar-refractivity contribution is 6.31. The van der Waals surface area contributed by atoms with Crippen molar-refractivity contribution < 1.29 is 23.9 Å². The molecule has 7 nitrogen and oxygen atoms in total. The number of hydrogen-bond acceptors (Lipinski definition) is 5. The van der Waals surface area contributed by atoms with Crippen LogP contribution in [0.4, 0.5) is 4.79 Å². The van der Waals surface area contributed by atoms with Crippen LogP contribution in [-0.2, 0) is 9.53 Å². The first-order chi connectivity index (χ1) is 11.0. The monoisotopic (exact) mass is 338 g/mol. The number of carbonyl (C=O) groups excluding carboxylic acids is 3. The smallest absolute Gasteiger partial charge is 0.417 e. The van der Waals surface area contributed by atoms with Gasteiger partial charge in [-0.2, -0.15) is 0 Å². The summed E-state index contributed by atoms with van der Waals surface area (Å²) in [5.41, 5.74) is 0.357. The number of hydrogen-bond donors (Lipinski definition) is 0. The highest BCUT2D eigenvalue weighted by atomic mass is 35.5. The standard InChI is InChI=1S/C15H15ClN2O5/c1-22-12-3-2-9(16)6-11(12)14(20)17-5-4-10(7-17)18-13(19)8-23-15(18)21/h2-3,6,10H,4-5,7-8H2,1H3/t10-/m1/s1. The summed E-state index contributed by atoms with van der Waals surface area (Å²) in [4.78, 5) is 38.7. The molecule has 0 bridgehead atoms. The Morgan fingerprint density at radius 1 is 1.39 bits per heavy atom. The maximum Gasteiger partial charge on any atom is 0.417 e. The van der Waals surface area contributed by atoms with Crippen molar-refractivity contribution in [3.8, 4) is 5.75 Å². The summed E-state index contributed by atoms with van der Waals surface area (Å²) in [5, 5.41) is 0.434. The van der Waals surface area contributed by atoms with Crippen molar-refractivity contribution in [3.63, 3.8) is 0 Å². The van der Waals surface area contributed by atoms with Gasteiger partial charge in [0.25, 0.3) is 11.8 Å². The van der Waals surface area contributed by atoms with Gasteiger partial charge in [0.2, 0.25) is 0 Å². The Kier molecular flexibility index (Phi) is 4.12. The zero-order valence-electron chi connectivity index (χ0n) is 12.5. The fraction of sp³-hybridized carbons (Fsp3) is 0.400. The van der Waals surface area contributed by atoms with Crippen molar-refractivity contribution in [3.05, 3.63) is 28.8 Å². The van der Waals surface area contributed by atoms with E-state index in [0.717, 1.165) is 4.90 Å². The number of rotatable bonds is 3. The van der Waals surface area contributed by atoms with E-state index in [1.54, 1.807) is 23.1 Å². The molecule has 1 aromatic carbocycles. The van der Waals surface area contributed by atoms with Crippen LogP contribution in [0.3, 0.4) is 0 Å². The number of halogens is 1. The second kappa shape index (κ2) is 6.08. The molecule has 0 N–H and O–H groups in total. The minimum Gasteiger partial charge on any atom is -0.496 e. The van der Waals surface area contributed by atoms with E-state index in [-0.39, 0.29) is 31.0 Å². The number of methoxy groups -OCH3 is 1. The second-order valence-corrected chi connectivity index (χ2v) is 5.79. The number of nitrogens with zero attached hydrogens (tertiary/aromatic N) is 2. The fourth-order valence-electron chi connectivity index (χ4n) is 2.87. The summed E-state index contributed by atoms with van der Waals surface area (Å²) in [5.74, 6) is -0.180. The summed E-state index contributed by atoms with van der Waals surface area (Å²) in [6.07, 6.45) is -0.121. The quantitative estimate of drug-likeness (QED) is 0.835. The van der Waals surface area contributed by atoms with E-state index in [1.807, 2.05) is 0 Å². The largest absolute Gasteiger partial charge is 0.496 e. The van der Waals surface area contributed by atoms with Gasteiger partial charge >= 0.3 is 6.09 Å². The first-order valence-electron chi connectivity index (χ1n) is 7.13. The Bertz CT molecular complexity index is 662. The van der Waals surface area contributed by atoms with Crippen molar-refractivity contribution in [1.29, 1.82) is 0 Å². The average molecular weight is 339 g/mol. The molecule has 0 spiro atoms. The van der Waals surface area contributed by atoms with Gasteiger partial charge in [-0.15, -0.1) is 0 Å². The highest BCUT2D eigenvalue weighted by Crippen LogP contribution is 2.27. The van der Waals surface area contributed by atoms with Crippen molar-refractivity contribution in [2.24, 2.45) is 0 Å². The van der Waals surface area contributed by atoms with Crippen LogP contribution in [0.1, 0.15) is 16.8 Å². The third kappa shape index (κ3) is 2.84. The lowest BCUT2D eigenvalue weighted by Crippen LogP contribution is -2.42. The molecule has 0 aliphatic carbocycles. The minimum atomic E-state index is -0.644. The SMILES string of the molecule is COc1ccc(Cl)cc1C(=O)N1CC[C@@H](N2C(=O)COC2=O)C1. The zero-order valence-corrected chi connectivity index (χ0v) is 13.2. The molecule has 122 valence electrons. The maximum absolute atomic E-state index is 12.7. The Morgan fingerprint density at radius 3 is 2.83 bits per heavy atom. The van der Waals surface area contributed by atoms with E-state index >= 15 is 0 Å². The fourth-order valence-corrected chi connectivity index (χ4v) is 3.04. The summed E-state index contributed by atoms with van der Waals surface area (Å²) in [7, 11) is 1.48. The van der Waals surface area contributed by atoms with E-state index in [9.17, 15) is 14.4 Å². The van der Waals surface area contributed by atoms with Crippen LogP contribution in [0, 0.1) is 0 Å². The van der Waals surface area contributed by atoms with E-state index < -0.39 is 6.09 Å². The number of imide groups is 1. The molecule has 0 radical (unpaired) electrons. The molecule has 2 aliphatic heterocycles. The Hall–Kier alpha value is -2.28. The van der Waals surface area contributed by atoms with Gasteiger partial charge in [-0.25, -0.2) is 9.69 Å². The van der Waals surface area contributed by atoms with Gasteiger partial charge in [0, 0.05) is 18.1 Å². The molecule has 0 aromatic heterocycles. The van der Waals surface area contributed by atoms with E-state index in [0.29, 0.717) is 29.3 Å². The summed E-state index contributed by atoms with van der Waals surface area (Å²) < 4.78 is 9.92. The van der Waals surface area contributed by atoms with Crippen LogP contribution < -0.4 is 4.74 Å². The Balaban J connectivity index is 1.76. The highest BCUT2D eigenvalue weighted by Gasteiger charge is 2.41. The minimum absolute atomic E-state index is 0.231. The molecule has 0 saturated carbocycles. The lowest BCUT2D eigenvalue weighted by Gasteiger charge is -2.21. The number of likely N-dealkylation sites (tertiary alicyclic amines) is 1. The number of ether oxygens (including phenoxy) is 2. The average Bonchev–Trinajstić information content (AvgIpc) is 3.13. The van der Waals surface area contributed by atoms with Crippen LogP contribution in [0.25, 0.3) is 0 Å². The topological polar surface area (TPSA) is 76.2 Å². The van der Waals surface area contributed by atoms with Crippen molar-refractivity contribution >= 4 is 29.5 Å². The molecule has 0 unspecified atom stereocenters. The molecule has 23 heavy (non-hydrogen) atoms. The van der Waals surface area contributed by atoms with Gasteiger partial charge in [0.15, 0.2) is 6.61 Å². The van der Waals surface area contributed by atoms with E-state index in [2.05, 4.69) is 0 Å². The van der Waals surface area contributed by atoms with Gasteiger partial charge in [0.1, 0.15) is 5.75 Å². The lowest BCUT2D eigenvalue weighted by atomic mass is 10.1. The maximum atomic E-state index is 12.7. The Labute approximate surface area is 137 Å². The molecule has 3 amide bonds. The molecule has 2 heterocycles. The number of benzene rings is 1. The number of carbonyl (C=O) groups is 3. The van der Waals surface area contributed by atoms with Gasteiger partial charge in [-0.3, -0.25) is 9.59 Å². The van der Waals surface area contributed by atoms with Crippen molar-refractivity contribution in [2.45, 2.75) is 12.5 Å². The summed E-state index contributed by atoms with van der Waals surface area (Å²) in [6.45, 7) is 0.483. The molecule has 1 aromatic rings. The van der Waals surface area contributed by atoms with Crippen molar-refractivity contribution in [1.82, 2.24) is 9.80 Å². The first kappa shape index (κ1) is 15.6. The van der Waals surface area contributed by atoms with Gasteiger partial charge < -0.3 is 14.4 Å². The lowest BCUT2D eigenvalue weighted by molar-refractivity contribution is -0.127. The molecule has 8 heteroatoms. The van der Waals surface area contributed by atoms with Crippen LogP contribution in [-0.4, -0.2) is 60.6 Å². The van der Waals surface area contributed by atoms with Gasteiger partial charge in [-0.05, 0) is 24.6 Å². The van der Waals surface area contributed by atoms with E-state index in [1.165, 1.54) is 7.11 Å². The molecule has 2 saturated heterocycles. The van der Waals surface area contributed by atoms with Gasteiger partial charge in [-0.1, -0.05) is 11.6 Å². The van der Waals surface area contributed by atoms with Crippen molar-refractivity contribution in [2.75, 3.05) is 26.8 Å². The normalized spacial score (nSPS) is 20.9. The molecule has 1 atom stereocenters. The molecular formula is C15H15ClN2O5. The Morgan fingerprint density at radius 2 is 2.17 bits per heavy atom. The van der Waals surface area contributed by atoms with Crippen LogP contribution in [0.2, 0.25) is 5.02 Å². The molecule has 2 fully saturated rings. The summed E-state index contributed by atoms with van der Waals surface area (Å²) >= 11 is 5.95. The van der Waals surface area contributed by atoms with Crippen LogP contribution in [0.5, 0.6) is 5.75 Å². The van der Waals surface area contributed by atoms with Crippen LogP contribution in [0.15, 0.2) is 18.2 Å². The number of cyclic esters (lactones) is 1. The second-order valence-electron chi connectivity index (χ2n) is 5.36. The number of amides is 3. The van der Waals surface area contributed by atoms with Crippen LogP contribution >= 0.6 is 11.6 Å². The predicted octanol–water partition coefficient (Wildman–Crippen LogP) is 1.54. The molecule has 3 rings (SSSR count). The predicted molar refractivity (Wildman–Crippen MR) is 80.5 cm³/mol. The first-order valence-corrected chi connectivity index (χ1v) is 7.50. The van der Waals surface area contributed by atoms with E-state index in [4.69, 9.17) is 21.1 Å². The van der Waals surface area contributed by atoms with Gasteiger partial charge in [0.05, 0.1) is 18.7 Å². The summed E-state index contributed by atoms with van der Waals surface area (Å²) in [6, 6.07) is 4.46.